The summed E-state index contributed by atoms with van der Waals surface area (Å²) in [7, 11) is 0. The van der Waals surface area contributed by atoms with Crippen LogP contribution in [0.25, 0.3) is 0 Å². The Morgan fingerprint density at radius 1 is 1.39 bits per heavy atom. The summed E-state index contributed by atoms with van der Waals surface area (Å²) in [5.74, 6) is 1.98. The topological polar surface area (TPSA) is 28.2 Å². The Hall–Kier alpha value is -1.09. The number of pyridine rings is 1. The average Bonchev–Trinajstić information content (AvgIpc) is 3.00. The van der Waals surface area contributed by atoms with E-state index in [1.54, 1.807) is 0 Å². The van der Waals surface area contributed by atoms with E-state index in [-0.39, 0.29) is 0 Å². The van der Waals surface area contributed by atoms with Gasteiger partial charge in [0.15, 0.2) is 0 Å². The molecule has 2 bridgehead atoms. The highest BCUT2D eigenvalue weighted by Crippen LogP contribution is 2.37. The van der Waals surface area contributed by atoms with Gasteiger partial charge in [0.25, 0.3) is 0 Å². The molecule has 2 atom stereocenters. The Kier molecular flexibility index (Phi) is 3.50. The molecule has 1 aliphatic carbocycles. The van der Waals surface area contributed by atoms with Crippen LogP contribution in [0.2, 0.25) is 0 Å². The van der Waals surface area contributed by atoms with E-state index in [0.717, 1.165) is 37.3 Å². The highest BCUT2D eigenvalue weighted by molar-refractivity contribution is 5.35. The summed E-state index contributed by atoms with van der Waals surface area (Å²) in [6.45, 7) is 5.56. The zero-order valence-corrected chi connectivity index (χ0v) is 11.2. The van der Waals surface area contributed by atoms with Crippen molar-refractivity contribution in [3.05, 3.63) is 23.9 Å². The first kappa shape index (κ1) is 12.0. The Bertz CT molecular complexity index is 387. The molecule has 2 fully saturated rings. The van der Waals surface area contributed by atoms with Crippen molar-refractivity contribution in [2.45, 2.75) is 45.2 Å². The van der Waals surface area contributed by atoms with Gasteiger partial charge in [-0.25, -0.2) is 4.98 Å². The highest BCUT2D eigenvalue weighted by Gasteiger charge is 2.37. The molecule has 3 heteroatoms. The second-order valence-electron chi connectivity index (χ2n) is 5.74. The number of fused-ring (bicyclic) bond motifs is 2. The predicted octanol–water partition coefficient (Wildman–Crippen LogP) is 2.89. The van der Waals surface area contributed by atoms with Crippen molar-refractivity contribution in [3.63, 3.8) is 0 Å². The smallest absolute Gasteiger partial charge is 0.125 e. The number of hydrogen-bond acceptors (Lipinski definition) is 3. The van der Waals surface area contributed by atoms with Crippen molar-refractivity contribution >= 4 is 5.82 Å². The van der Waals surface area contributed by atoms with Crippen LogP contribution in [0.5, 0.6) is 0 Å². The van der Waals surface area contributed by atoms with E-state index in [2.05, 4.69) is 34.3 Å². The van der Waals surface area contributed by atoms with Gasteiger partial charge >= 0.3 is 0 Å². The minimum absolute atomic E-state index is 0.855. The molecule has 1 aromatic heterocycles. The van der Waals surface area contributed by atoms with Gasteiger partial charge in [-0.2, -0.15) is 0 Å². The maximum absolute atomic E-state index is 4.48. The molecule has 0 spiro atoms. The van der Waals surface area contributed by atoms with Crippen LogP contribution < -0.4 is 5.32 Å². The van der Waals surface area contributed by atoms with E-state index in [4.69, 9.17) is 0 Å². The van der Waals surface area contributed by atoms with Gasteiger partial charge in [0.05, 0.1) is 0 Å². The fourth-order valence-electron chi connectivity index (χ4n) is 3.33. The van der Waals surface area contributed by atoms with Crippen molar-refractivity contribution < 1.29 is 0 Å². The van der Waals surface area contributed by atoms with Crippen LogP contribution in [0.15, 0.2) is 18.3 Å². The third-order valence-electron chi connectivity index (χ3n) is 4.29. The van der Waals surface area contributed by atoms with Gasteiger partial charge in [-0.1, -0.05) is 13.0 Å². The van der Waals surface area contributed by atoms with Gasteiger partial charge in [-0.05, 0) is 43.2 Å². The molecule has 1 aromatic rings. The van der Waals surface area contributed by atoms with Gasteiger partial charge in [-0.15, -0.1) is 0 Å². The van der Waals surface area contributed by atoms with Crippen molar-refractivity contribution in [3.8, 4) is 0 Å². The Morgan fingerprint density at radius 2 is 2.33 bits per heavy atom. The minimum Gasteiger partial charge on any atom is -0.370 e. The zero-order valence-electron chi connectivity index (χ0n) is 11.2. The van der Waals surface area contributed by atoms with Crippen molar-refractivity contribution in [1.29, 1.82) is 0 Å². The molecule has 1 N–H and O–H groups in total. The Balaban J connectivity index is 1.56. The molecule has 0 amide bonds. The summed E-state index contributed by atoms with van der Waals surface area (Å²) in [4.78, 5) is 7.13. The van der Waals surface area contributed by atoms with E-state index in [0.29, 0.717) is 0 Å². The molecule has 18 heavy (non-hydrogen) atoms. The fraction of sp³-hybridized carbons (Fsp3) is 0.667. The van der Waals surface area contributed by atoms with Crippen LogP contribution in [-0.2, 0) is 6.54 Å². The van der Waals surface area contributed by atoms with Gasteiger partial charge in [-0.3, -0.25) is 4.90 Å². The number of hydrogen-bond donors (Lipinski definition) is 1. The van der Waals surface area contributed by atoms with Crippen LogP contribution in [0.4, 0.5) is 5.82 Å². The first-order valence-corrected chi connectivity index (χ1v) is 7.28. The second kappa shape index (κ2) is 5.27. The number of rotatable bonds is 5. The van der Waals surface area contributed by atoms with Crippen molar-refractivity contribution in [2.75, 3.05) is 18.4 Å². The maximum atomic E-state index is 4.48. The van der Waals surface area contributed by atoms with E-state index in [1.807, 2.05) is 6.20 Å². The third-order valence-corrected chi connectivity index (χ3v) is 4.29. The molecule has 0 radical (unpaired) electrons. The molecule has 2 unspecified atom stereocenters. The van der Waals surface area contributed by atoms with Crippen LogP contribution in [-0.4, -0.2) is 29.0 Å². The predicted molar refractivity (Wildman–Crippen MR) is 74.6 cm³/mol. The number of nitrogens with one attached hydrogen (secondary N) is 1. The molecule has 3 rings (SSSR count). The average molecular weight is 245 g/mol. The van der Waals surface area contributed by atoms with E-state index < -0.39 is 0 Å². The molecule has 1 saturated heterocycles. The number of anilines is 1. The normalized spacial score (nSPS) is 26.7. The van der Waals surface area contributed by atoms with Gasteiger partial charge in [0.1, 0.15) is 5.82 Å². The lowest BCUT2D eigenvalue weighted by Crippen LogP contribution is -2.31. The van der Waals surface area contributed by atoms with E-state index in [1.165, 1.54) is 31.4 Å². The third kappa shape index (κ3) is 2.51. The van der Waals surface area contributed by atoms with Crippen LogP contribution >= 0.6 is 0 Å². The largest absolute Gasteiger partial charge is 0.370 e. The molecule has 3 nitrogen and oxygen atoms in total. The Labute approximate surface area is 110 Å². The van der Waals surface area contributed by atoms with Gasteiger partial charge in [0, 0.05) is 31.9 Å². The zero-order chi connectivity index (χ0) is 12.4. The lowest BCUT2D eigenvalue weighted by atomic mass is 10.1. The molecule has 2 aliphatic rings. The molecule has 1 saturated carbocycles. The van der Waals surface area contributed by atoms with Crippen LogP contribution in [0.1, 0.15) is 38.2 Å². The van der Waals surface area contributed by atoms with Gasteiger partial charge in [0.2, 0.25) is 0 Å². The minimum atomic E-state index is 0.855. The molecule has 98 valence electrons. The first-order chi connectivity index (χ1) is 8.85. The molecular formula is C15H23N3. The summed E-state index contributed by atoms with van der Waals surface area (Å²) >= 11 is 0. The number of aromatic nitrogens is 1. The molecule has 1 aliphatic heterocycles. The monoisotopic (exact) mass is 245 g/mol. The second-order valence-corrected chi connectivity index (χ2v) is 5.74. The summed E-state index contributed by atoms with van der Waals surface area (Å²) in [6.07, 6.45) is 7.47. The van der Waals surface area contributed by atoms with Crippen molar-refractivity contribution in [1.82, 2.24) is 9.88 Å². The summed E-state index contributed by atoms with van der Waals surface area (Å²) in [6, 6.07) is 5.18. The fourth-order valence-corrected chi connectivity index (χ4v) is 3.33. The lowest BCUT2D eigenvalue weighted by Gasteiger charge is -2.26. The lowest BCUT2D eigenvalue weighted by molar-refractivity contribution is 0.205. The summed E-state index contributed by atoms with van der Waals surface area (Å²) in [5, 5.41) is 3.32. The number of nitrogens with zero attached hydrogens (tertiary/aromatic N) is 2. The summed E-state index contributed by atoms with van der Waals surface area (Å²) in [5.41, 5.74) is 1.35. The van der Waals surface area contributed by atoms with Gasteiger partial charge < -0.3 is 5.32 Å². The van der Waals surface area contributed by atoms with E-state index >= 15 is 0 Å². The standard InChI is InChI=1S/C15H23N3/c1-2-7-16-15-6-4-13(9-17-15)11-18-10-12-3-5-14(18)8-12/h4,6,9,12,14H,2-3,5,7-8,10-11H2,1H3,(H,16,17). The molecule has 0 aromatic carbocycles. The first-order valence-electron chi connectivity index (χ1n) is 7.28. The SMILES string of the molecule is CCCNc1ccc(CN2CC3CCC2C3)cn1. The summed E-state index contributed by atoms with van der Waals surface area (Å²) < 4.78 is 0. The molecule has 2 heterocycles. The van der Waals surface area contributed by atoms with Crippen LogP contribution in [0.3, 0.4) is 0 Å². The number of likely N-dealkylation sites (tertiary alicyclic amines) is 1. The Morgan fingerprint density at radius 3 is 2.94 bits per heavy atom. The van der Waals surface area contributed by atoms with Crippen LogP contribution in [0, 0.1) is 5.92 Å². The molecular weight excluding hydrogens is 222 g/mol. The maximum Gasteiger partial charge on any atom is 0.125 e. The highest BCUT2D eigenvalue weighted by atomic mass is 15.2. The van der Waals surface area contributed by atoms with E-state index in [9.17, 15) is 0 Å². The number of piperidine rings is 1. The van der Waals surface area contributed by atoms with Crippen molar-refractivity contribution in [2.24, 2.45) is 5.92 Å². The quantitative estimate of drug-likeness (QED) is 0.864.